The summed E-state index contributed by atoms with van der Waals surface area (Å²) in [6.45, 7) is 2.16. The van der Waals surface area contributed by atoms with E-state index < -0.39 is 24.0 Å². The van der Waals surface area contributed by atoms with Crippen molar-refractivity contribution < 1.29 is 24.3 Å². The van der Waals surface area contributed by atoms with Gasteiger partial charge >= 0.3 is 0 Å². The first-order chi connectivity index (χ1) is 16.4. The van der Waals surface area contributed by atoms with Crippen molar-refractivity contribution in [2.45, 2.75) is 19.1 Å². The second-order valence-corrected chi connectivity index (χ2v) is 9.22. The molecule has 0 bridgehead atoms. The molecule has 0 aliphatic carbocycles. The van der Waals surface area contributed by atoms with Crippen LogP contribution in [0.5, 0.6) is 11.5 Å². The van der Waals surface area contributed by atoms with Crippen LogP contribution in [-0.4, -0.2) is 29.6 Å². The number of hydroxylamine groups is 1. The van der Waals surface area contributed by atoms with E-state index in [9.17, 15) is 14.7 Å². The maximum atomic E-state index is 13.7. The summed E-state index contributed by atoms with van der Waals surface area (Å²) in [5.74, 6) is -1.43. The Morgan fingerprint density at radius 2 is 1.76 bits per heavy atom. The molecule has 0 unspecified atom stereocenters. The zero-order valence-corrected chi connectivity index (χ0v) is 20.4. The number of anilines is 2. The molecule has 2 aliphatic rings. The molecule has 2 heterocycles. The molecule has 1 N–H and O–H groups in total. The number of carbonyl (C=O) groups is 2. The van der Waals surface area contributed by atoms with Crippen molar-refractivity contribution in [3.8, 4) is 11.5 Å². The first-order valence-electron chi connectivity index (χ1n) is 10.7. The molecule has 0 radical (unpaired) electrons. The third kappa shape index (κ3) is 3.72. The van der Waals surface area contributed by atoms with Gasteiger partial charge in [0.15, 0.2) is 17.6 Å². The summed E-state index contributed by atoms with van der Waals surface area (Å²) in [6.07, 6.45) is -1.01. The molecule has 3 atom stereocenters. The van der Waals surface area contributed by atoms with Gasteiger partial charge in [-0.05, 0) is 70.9 Å². The largest absolute Gasteiger partial charge is 0.503 e. The van der Waals surface area contributed by atoms with Crippen LogP contribution in [-0.2, 0) is 14.4 Å². The van der Waals surface area contributed by atoms with Crippen LogP contribution in [0.1, 0.15) is 18.5 Å². The number of halogens is 2. The van der Waals surface area contributed by atoms with Crippen LogP contribution >= 0.6 is 27.5 Å². The number of rotatable bonds is 5. The minimum atomic E-state index is -1.01. The number of aromatic hydroxyl groups is 1. The lowest BCUT2D eigenvalue weighted by Gasteiger charge is -2.29. The Morgan fingerprint density at radius 3 is 2.47 bits per heavy atom. The molecule has 7 nitrogen and oxygen atoms in total. The maximum absolute atomic E-state index is 13.7. The van der Waals surface area contributed by atoms with Gasteiger partial charge in [0.1, 0.15) is 5.92 Å². The number of ether oxygens (including phenoxy) is 1. The highest BCUT2D eigenvalue weighted by Gasteiger charge is 2.60. The lowest BCUT2D eigenvalue weighted by Crippen LogP contribution is -2.37. The van der Waals surface area contributed by atoms with E-state index in [-0.39, 0.29) is 17.4 Å². The smallest absolute Gasteiger partial charge is 0.266 e. The molecule has 34 heavy (non-hydrogen) atoms. The van der Waals surface area contributed by atoms with Crippen molar-refractivity contribution in [2.24, 2.45) is 5.92 Å². The lowest BCUT2D eigenvalue weighted by atomic mass is 9.90. The fraction of sp³-hybridized carbons (Fsp3) is 0.200. The summed E-state index contributed by atoms with van der Waals surface area (Å²) >= 11 is 9.49. The standard InChI is InChI=1S/C25H20BrClN2O5/c1-2-33-19-12-14(11-18(26)22(19)30)21-20-23(34-29(21)16-8-4-3-5-9-16)25(32)28(24(20)31)17-10-6-7-15(27)13-17/h3-13,20-21,23,30H,2H2,1H3/t20-,21+,23+/m1/s1. The van der Waals surface area contributed by atoms with Crippen molar-refractivity contribution in [1.29, 1.82) is 0 Å². The minimum absolute atomic E-state index is 0.0401. The third-order valence-electron chi connectivity index (χ3n) is 5.88. The molecular weight excluding hydrogens is 524 g/mol. The van der Waals surface area contributed by atoms with E-state index in [1.165, 1.54) is 0 Å². The lowest BCUT2D eigenvalue weighted by molar-refractivity contribution is -0.126. The Labute approximate surface area is 209 Å². The van der Waals surface area contributed by atoms with Gasteiger partial charge in [0, 0.05) is 5.02 Å². The van der Waals surface area contributed by atoms with Gasteiger partial charge in [0.2, 0.25) is 5.91 Å². The average Bonchev–Trinajstić information content (AvgIpc) is 3.33. The summed E-state index contributed by atoms with van der Waals surface area (Å²) in [4.78, 5) is 34.4. The predicted molar refractivity (Wildman–Crippen MR) is 131 cm³/mol. The van der Waals surface area contributed by atoms with Crippen molar-refractivity contribution in [1.82, 2.24) is 0 Å². The van der Waals surface area contributed by atoms with Crippen LogP contribution < -0.4 is 14.7 Å². The van der Waals surface area contributed by atoms with Gasteiger partial charge in [-0.15, -0.1) is 0 Å². The number of phenolic OH excluding ortho intramolecular Hbond substituents is 1. The fourth-order valence-corrected chi connectivity index (χ4v) is 5.10. The van der Waals surface area contributed by atoms with Crippen LogP contribution in [0.4, 0.5) is 11.4 Å². The van der Waals surface area contributed by atoms with E-state index in [1.807, 2.05) is 37.3 Å². The van der Waals surface area contributed by atoms with Gasteiger partial charge in [-0.3, -0.25) is 14.4 Å². The third-order valence-corrected chi connectivity index (χ3v) is 6.72. The van der Waals surface area contributed by atoms with E-state index >= 15 is 0 Å². The Hall–Kier alpha value is -3.07. The molecule has 2 amide bonds. The number of nitrogens with zero attached hydrogens (tertiary/aromatic N) is 2. The van der Waals surface area contributed by atoms with Crippen LogP contribution in [0, 0.1) is 5.92 Å². The molecule has 3 aromatic rings. The molecule has 0 aromatic heterocycles. The molecule has 2 saturated heterocycles. The van der Waals surface area contributed by atoms with Gasteiger partial charge in [-0.25, -0.2) is 9.96 Å². The Kier molecular flexibility index (Phi) is 5.97. The SMILES string of the molecule is CCOc1cc([C@H]2[C@H]3C(=O)N(c4cccc(Cl)c4)C(=O)[C@H]3ON2c2ccccc2)cc(Br)c1O. The molecule has 3 aromatic carbocycles. The molecule has 0 spiro atoms. The van der Waals surface area contributed by atoms with E-state index in [2.05, 4.69) is 15.9 Å². The van der Waals surface area contributed by atoms with Crippen molar-refractivity contribution in [2.75, 3.05) is 16.6 Å². The number of benzene rings is 3. The molecule has 2 fully saturated rings. The monoisotopic (exact) mass is 542 g/mol. The Balaban J connectivity index is 1.63. The summed E-state index contributed by atoms with van der Waals surface area (Å²) in [5, 5.41) is 12.4. The number of fused-ring (bicyclic) bond motifs is 1. The normalized spacial score (nSPS) is 21.8. The molecule has 174 valence electrons. The van der Waals surface area contributed by atoms with Gasteiger partial charge in [-0.2, -0.15) is 0 Å². The van der Waals surface area contributed by atoms with Gasteiger partial charge in [0.05, 0.1) is 28.5 Å². The molecule has 2 aliphatic heterocycles. The zero-order chi connectivity index (χ0) is 24.0. The second kappa shape index (κ2) is 8.94. The number of carbonyl (C=O) groups excluding carboxylic acids is 2. The van der Waals surface area contributed by atoms with E-state index in [0.29, 0.717) is 33.0 Å². The Morgan fingerprint density at radius 1 is 1.03 bits per heavy atom. The number of amides is 2. The van der Waals surface area contributed by atoms with Gasteiger partial charge < -0.3 is 9.84 Å². The number of hydrogen-bond donors (Lipinski definition) is 1. The van der Waals surface area contributed by atoms with Crippen molar-refractivity contribution in [3.63, 3.8) is 0 Å². The second-order valence-electron chi connectivity index (χ2n) is 7.93. The summed E-state index contributed by atoms with van der Waals surface area (Å²) in [6, 6.07) is 18.6. The minimum Gasteiger partial charge on any atom is -0.503 e. The zero-order valence-electron chi connectivity index (χ0n) is 18.0. The summed E-state index contributed by atoms with van der Waals surface area (Å²) in [5.41, 5.74) is 1.74. The van der Waals surface area contributed by atoms with Crippen molar-refractivity contribution in [3.05, 3.63) is 81.8 Å². The summed E-state index contributed by atoms with van der Waals surface area (Å²) < 4.78 is 6.02. The van der Waals surface area contributed by atoms with Crippen LogP contribution in [0.25, 0.3) is 0 Å². The highest BCUT2D eigenvalue weighted by molar-refractivity contribution is 9.10. The molecule has 9 heteroatoms. The topological polar surface area (TPSA) is 79.3 Å². The number of imide groups is 1. The summed E-state index contributed by atoms with van der Waals surface area (Å²) in [7, 11) is 0. The first kappa shape index (κ1) is 22.7. The maximum Gasteiger partial charge on any atom is 0.266 e. The highest BCUT2D eigenvalue weighted by Crippen LogP contribution is 2.49. The first-order valence-corrected chi connectivity index (χ1v) is 11.9. The Bertz CT molecular complexity index is 1270. The van der Waals surface area contributed by atoms with Gasteiger partial charge in [-0.1, -0.05) is 35.9 Å². The van der Waals surface area contributed by atoms with Crippen LogP contribution in [0.2, 0.25) is 5.02 Å². The van der Waals surface area contributed by atoms with E-state index in [1.54, 1.807) is 41.5 Å². The molecule has 5 rings (SSSR count). The fourth-order valence-electron chi connectivity index (χ4n) is 4.45. The van der Waals surface area contributed by atoms with Crippen LogP contribution in [0.15, 0.2) is 71.2 Å². The average molecular weight is 544 g/mol. The number of phenols is 1. The van der Waals surface area contributed by atoms with Gasteiger partial charge in [0.25, 0.3) is 5.91 Å². The van der Waals surface area contributed by atoms with E-state index in [4.69, 9.17) is 21.2 Å². The molecule has 0 saturated carbocycles. The van der Waals surface area contributed by atoms with Crippen molar-refractivity contribution >= 4 is 50.7 Å². The molecular formula is C25H20BrClN2O5. The predicted octanol–water partition coefficient (Wildman–Crippen LogP) is 5.26. The van der Waals surface area contributed by atoms with Crippen LogP contribution in [0.3, 0.4) is 0 Å². The number of hydrogen-bond acceptors (Lipinski definition) is 6. The number of para-hydroxylation sites is 1. The van der Waals surface area contributed by atoms with E-state index in [0.717, 1.165) is 4.90 Å². The highest BCUT2D eigenvalue weighted by atomic mass is 79.9. The quantitative estimate of drug-likeness (QED) is 0.443.